The largest absolute Gasteiger partial charge is 0.462 e. The Hall–Kier alpha value is -2.95. The van der Waals surface area contributed by atoms with Crippen molar-refractivity contribution in [1.29, 1.82) is 0 Å². The van der Waals surface area contributed by atoms with Crippen molar-refractivity contribution in [2.75, 3.05) is 11.5 Å². The second-order valence-electron chi connectivity index (χ2n) is 8.66. The maximum atomic E-state index is 13.3. The van der Waals surface area contributed by atoms with E-state index in [4.69, 9.17) is 4.74 Å². The normalized spacial score (nSPS) is 29.4. The van der Waals surface area contributed by atoms with E-state index < -0.39 is 0 Å². The molecule has 30 heavy (non-hydrogen) atoms. The van der Waals surface area contributed by atoms with Gasteiger partial charge in [0.15, 0.2) is 0 Å². The third kappa shape index (κ3) is 2.87. The van der Waals surface area contributed by atoms with Gasteiger partial charge in [-0.2, -0.15) is 0 Å². The third-order valence-electron chi connectivity index (χ3n) is 7.04. The molecule has 5 unspecified atom stereocenters. The van der Waals surface area contributed by atoms with E-state index in [1.807, 2.05) is 25.1 Å². The molecule has 5 rings (SSSR count). The molecule has 2 bridgehead atoms. The lowest BCUT2D eigenvalue weighted by Crippen LogP contribution is -2.33. The van der Waals surface area contributed by atoms with E-state index in [0.29, 0.717) is 23.8 Å². The molecule has 0 aromatic heterocycles. The van der Waals surface area contributed by atoms with E-state index in [9.17, 15) is 14.4 Å². The van der Waals surface area contributed by atoms with Crippen LogP contribution in [0.3, 0.4) is 0 Å². The number of anilines is 1. The highest BCUT2D eigenvalue weighted by molar-refractivity contribution is 6.22. The zero-order chi connectivity index (χ0) is 20.8. The molecule has 3 aliphatic rings. The molecular formula is C25H25NO4. The topological polar surface area (TPSA) is 63.7 Å². The van der Waals surface area contributed by atoms with Gasteiger partial charge in [0, 0.05) is 0 Å². The van der Waals surface area contributed by atoms with Crippen molar-refractivity contribution in [3.63, 3.8) is 0 Å². The maximum Gasteiger partial charge on any atom is 0.338 e. The number of imide groups is 1. The molecule has 5 nitrogen and oxygen atoms in total. The molecule has 2 aliphatic carbocycles. The van der Waals surface area contributed by atoms with Crippen LogP contribution >= 0.6 is 0 Å². The predicted octanol–water partition coefficient (Wildman–Crippen LogP) is 4.18. The molecule has 0 spiro atoms. The first kappa shape index (κ1) is 19.0. The number of carbonyl (C=O) groups is 3. The van der Waals surface area contributed by atoms with Gasteiger partial charge in [-0.05, 0) is 66.8 Å². The Morgan fingerprint density at radius 2 is 1.67 bits per heavy atom. The van der Waals surface area contributed by atoms with E-state index in [1.54, 1.807) is 24.3 Å². The number of fused-ring (bicyclic) bond motifs is 5. The van der Waals surface area contributed by atoms with E-state index in [0.717, 1.165) is 19.3 Å². The number of nitrogens with zero attached hydrogens (tertiary/aromatic N) is 1. The Labute approximate surface area is 176 Å². The van der Waals surface area contributed by atoms with Crippen LogP contribution < -0.4 is 4.90 Å². The summed E-state index contributed by atoms with van der Waals surface area (Å²) < 4.78 is 5.15. The lowest BCUT2D eigenvalue weighted by Gasteiger charge is -2.28. The van der Waals surface area contributed by atoms with Gasteiger partial charge in [-0.15, -0.1) is 0 Å². The Kier molecular flexibility index (Phi) is 4.69. The molecule has 2 aromatic rings. The number of benzene rings is 2. The van der Waals surface area contributed by atoms with Crippen LogP contribution in [-0.2, 0) is 14.3 Å². The highest BCUT2D eigenvalue weighted by Gasteiger charge is 2.64. The molecule has 154 valence electrons. The molecule has 1 aliphatic heterocycles. The number of carbonyl (C=O) groups excluding carboxylic acids is 3. The van der Waals surface area contributed by atoms with Crippen LogP contribution in [0.2, 0.25) is 0 Å². The van der Waals surface area contributed by atoms with Crippen molar-refractivity contribution in [1.82, 2.24) is 0 Å². The summed E-state index contributed by atoms with van der Waals surface area (Å²) in [6.45, 7) is 2.31. The van der Waals surface area contributed by atoms with Gasteiger partial charge in [-0.3, -0.25) is 14.5 Å². The summed E-state index contributed by atoms with van der Waals surface area (Å²) in [5.74, 6) is -0.118. The SMILES string of the molecule is CCCOC(=O)c1ccc(N2C(=O)C3C4CC(c5ccccc5)C(C4)C3C2=O)cc1. The molecule has 1 heterocycles. The van der Waals surface area contributed by atoms with Gasteiger partial charge in [-0.1, -0.05) is 37.3 Å². The lowest BCUT2D eigenvalue weighted by atomic mass is 9.73. The monoisotopic (exact) mass is 403 g/mol. The minimum absolute atomic E-state index is 0.0784. The molecule has 0 N–H and O–H groups in total. The molecule has 5 atom stereocenters. The van der Waals surface area contributed by atoms with Crippen LogP contribution in [-0.4, -0.2) is 24.4 Å². The Morgan fingerprint density at radius 3 is 2.37 bits per heavy atom. The van der Waals surface area contributed by atoms with Crippen molar-refractivity contribution in [3.8, 4) is 0 Å². The van der Waals surface area contributed by atoms with Gasteiger partial charge >= 0.3 is 5.97 Å². The lowest BCUT2D eigenvalue weighted by molar-refractivity contribution is -0.123. The third-order valence-corrected chi connectivity index (χ3v) is 7.04. The molecule has 3 fully saturated rings. The average Bonchev–Trinajstić information content (AvgIpc) is 3.44. The van der Waals surface area contributed by atoms with E-state index in [-0.39, 0.29) is 41.5 Å². The summed E-state index contributed by atoms with van der Waals surface area (Å²) >= 11 is 0. The molecular weight excluding hydrogens is 378 g/mol. The van der Waals surface area contributed by atoms with Crippen LogP contribution in [0.4, 0.5) is 5.69 Å². The predicted molar refractivity (Wildman–Crippen MR) is 112 cm³/mol. The summed E-state index contributed by atoms with van der Waals surface area (Å²) in [7, 11) is 0. The number of hydrogen-bond acceptors (Lipinski definition) is 4. The van der Waals surface area contributed by atoms with Gasteiger partial charge in [0.2, 0.25) is 11.8 Å². The fourth-order valence-corrected chi connectivity index (χ4v) is 5.82. The Bertz CT molecular complexity index is 984. The molecule has 2 amide bonds. The second-order valence-corrected chi connectivity index (χ2v) is 8.66. The first-order valence-electron chi connectivity index (χ1n) is 10.8. The summed E-state index contributed by atoms with van der Waals surface area (Å²) in [6.07, 6.45) is 2.70. The van der Waals surface area contributed by atoms with E-state index >= 15 is 0 Å². The molecule has 0 radical (unpaired) electrons. The summed E-state index contributed by atoms with van der Waals surface area (Å²) in [5, 5.41) is 0. The highest BCUT2D eigenvalue weighted by Crippen LogP contribution is 2.61. The second kappa shape index (κ2) is 7.38. The smallest absolute Gasteiger partial charge is 0.338 e. The minimum Gasteiger partial charge on any atom is -0.462 e. The minimum atomic E-state index is -0.386. The van der Waals surface area contributed by atoms with Crippen LogP contribution in [0, 0.1) is 23.7 Å². The van der Waals surface area contributed by atoms with Gasteiger partial charge in [0.05, 0.1) is 29.7 Å². The average molecular weight is 403 g/mol. The van der Waals surface area contributed by atoms with Gasteiger partial charge in [0.1, 0.15) is 0 Å². The first-order chi connectivity index (χ1) is 14.6. The quantitative estimate of drug-likeness (QED) is 0.555. The number of rotatable bonds is 5. The number of esters is 1. The van der Waals surface area contributed by atoms with Gasteiger partial charge in [0.25, 0.3) is 0 Å². The van der Waals surface area contributed by atoms with Crippen LogP contribution in [0.1, 0.15) is 48.0 Å². The summed E-state index contributed by atoms with van der Waals surface area (Å²) in [5.41, 5.74) is 2.25. The van der Waals surface area contributed by atoms with Crippen molar-refractivity contribution < 1.29 is 19.1 Å². The van der Waals surface area contributed by atoms with Gasteiger partial charge in [-0.25, -0.2) is 4.79 Å². The number of amides is 2. The first-order valence-corrected chi connectivity index (χ1v) is 10.8. The molecule has 1 saturated heterocycles. The van der Waals surface area contributed by atoms with E-state index in [1.165, 1.54) is 10.5 Å². The molecule has 2 saturated carbocycles. The standard InChI is InChI=1S/C25H25NO4/c1-2-12-30-25(29)16-8-10-18(11-9-16)26-23(27)21-17-13-19(15-6-4-3-5-7-15)20(14-17)22(21)24(26)28/h3-11,17,19-22H,2,12-14H2,1H3. The summed E-state index contributed by atoms with van der Waals surface area (Å²) in [6, 6.07) is 17.0. The van der Waals surface area contributed by atoms with Crippen molar-refractivity contribution in [3.05, 3.63) is 65.7 Å². The Balaban J connectivity index is 1.38. The van der Waals surface area contributed by atoms with E-state index in [2.05, 4.69) is 12.1 Å². The zero-order valence-electron chi connectivity index (χ0n) is 17.0. The van der Waals surface area contributed by atoms with Crippen molar-refractivity contribution in [2.24, 2.45) is 23.7 Å². The van der Waals surface area contributed by atoms with Crippen LogP contribution in [0.25, 0.3) is 0 Å². The number of hydrogen-bond donors (Lipinski definition) is 0. The van der Waals surface area contributed by atoms with Crippen molar-refractivity contribution >= 4 is 23.5 Å². The fraction of sp³-hybridized carbons (Fsp3) is 0.400. The maximum absolute atomic E-state index is 13.3. The van der Waals surface area contributed by atoms with Crippen LogP contribution in [0.15, 0.2) is 54.6 Å². The Morgan fingerprint density at radius 1 is 0.967 bits per heavy atom. The van der Waals surface area contributed by atoms with Gasteiger partial charge < -0.3 is 4.74 Å². The summed E-state index contributed by atoms with van der Waals surface area (Å²) in [4.78, 5) is 39.9. The fourth-order valence-electron chi connectivity index (χ4n) is 5.82. The molecule has 2 aromatic carbocycles. The van der Waals surface area contributed by atoms with Crippen LogP contribution in [0.5, 0.6) is 0 Å². The molecule has 5 heteroatoms. The van der Waals surface area contributed by atoms with Crippen molar-refractivity contribution in [2.45, 2.75) is 32.1 Å². The highest BCUT2D eigenvalue weighted by atomic mass is 16.5. The zero-order valence-corrected chi connectivity index (χ0v) is 17.0. The number of ether oxygens (including phenoxy) is 1.